The van der Waals surface area contributed by atoms with Crippen LogP contribution in [0.4, 0.5) is 5.82 Å². The van der Waals surface area contributed by atoms with Crippen LogP contribution < -0.4 is 10.6 Å². The molecule has 2 aliphatic heterocycles. The molecule has 134 valence electrons. The molecule has 1 saturated carbocycles. The molecule has 1 spiro atoms. The van der Waals surface area contributed by atoms with Crippen LogP contribution in [0.3, 0.4) is 0 Å². The first kappa shape index (κ1) is 16.3. The molecular formula is C18H24N4O3. The number of nitrogens with zero attached hydrogens (tertiary/aromatic N) is 3. The van der Waals surface area contributed by atoms with Crippen molar-refractivity contribution in [3.05, 3.63) is 23.9 Å². The Hall–Kier alpha value is -2.15. The van der Waals surface area contributed by atoms with Crippen LogP contribution in [-0.4, -0.2) is 60.6 Å². The van der Waals surface area contributed by atoms with Gasteiger partial charge >= 0.3 is 5.97 Å². The van der Waals surface area contributed by atoms with E-state index in [4.69, 9.17) is 10.5 Å². The highest BCUT2D eigenvalue weighted by atomic mass is 16.6. The summed E-state index contributed by atoms with van der Waals surface area (Å²) in [6, 6.07) is 3.45. The Morgan fingerprint density at radius 2 is 2.16 bits per heavy atom. The summed E-state index contributed by atoms with van der Waals surface area (Å²) in [4.78, 5) is 32.4. The van der Waals surface area contributed by atoms with Crippen molar-refractivity contribution in [2.45, 2.75) is 31.8 Å². The minimum atomic E-state index is -0.447. The Labute approximate surface area is 147 Å². The Kier molecular flexibility index (Phi) is 4.11. The number of rotatable bonds is 4. The molecule has 1 amide bonds. The van der Waals surface area contributed by atoms with Crippen molar-refractivity contribution in [1.29, 1.82) is 0 Å². The van der Waals surface area contributed by atoms with Gasteiger partial charge in [0.2, 0.25) is 0 Å². The fourth-order valence-corrected chi connectivity index (χ4v) is 3.99. The van der Waals surface area contributed by atoms with Gasteiger partial charge in [-0.1, -0.05) is 0 Å². The molecule has 1 atom stereocenters. The zero-order chi connectivity index (χ0) is 17.4. The Morgan fingerprint density at radius 1 is 1.32 bits per heavy atom. The maximum Gasteiger partial charge on any atom is 0.312 e. The number of ether oxygens (including phenoxy) is 1. The second-order valence-electron chi connectivity index (χ2n) is 7.39. The third-order valence-electron chi connectivity index (χ3n) is 5.58. The van der Waals surface area contributed by atoms with E-state index in [-0.39, 0.29) is 17.5 Å². The highest BCUT2D eigenvalue weighted by molar-refractivity contribution is 5.97. The average Bonchev–Trinajstić information content (AvgIpc) is 3.34. The average molecular weight is 344 g/mol. The molecule has 1 unspecified atom stereocenters. The number of carbonyl (C=O) groups is 2. The van der Waals surface area contributed by atoms with Gasteiger partial charge in [0.05, 0.1) is 11.0 Å². The van der Waals surface area contributed by atoms with Gasteiger partial charge in [-0.05, 0) is 31.4 Å². The van der Waals surface area contributed by atoms with Gasteiger partial charge in [-0.2, -0.15) is 0 Å². The molecule has 3 aliphatic rings. The van der Waals surface area contributed by atoms with Crippen molar-refractivity contribution in [2.75, 3.05) is 37.6 Å². The molecule has 3 fully saturated rings. The molecule has 7 heteroatoms. The van der Waals surface area contributed by atoms with E-state index in [1.807, 2.05) is 0 Å². The largest absolute Gasteiger partial charge is 0.461 e. The molecule has 7 nitrogen and oxygen atoms in total. The smallest absolute Gasteiger partial charge is 0.312 e. The van der Waals surface area contributed by atoms with Crippen molar-refractivity contribution in [2.24, 2.45) is 11.1 Å². The molecule has 4 rings (SSSR count). The van der Waals surface area contributed by atoms with Crippen LogP contribution in [-0.2, 0) is 9.53 Å². The van der Waals surface area contributed by atoms with Gasteiger partial charge in [0.1, 0.15) is 11.9 Å². The third kappa shape index (κ3) is 3.20. The normalized spacial score (nSPS) is 25.7. The molecule has 3 heterocycles. The van der Waals surface area contributed by atoms with Crippen LogP contribution in [0.1, 0.15) is 36.0 Å². The number of primary amides is 1. The van der Waals surface area contributed by atoms with Crippen LogP contribution in [0.2, 0.25) is 0 Å². The fraction of sp³-hybridized carbons (Fsp3) is 0.611. The third-order valence-corrected chi connectivity index (χ3v) is 5.58. The summed E-state index contributed by atoms with van der Waals surface area (Å²) in [5.74, 6) is 0.228. The van der Waals surface area contributed by atoms with Crippen molar-refractivity contribution in [3.8, 4) is 0 Å². The van der Waals surface area contributed by atoms with Crippen LogP contribution in [0.5, 0.6) is 0 Å². The van der Waals surface area contributed by atoms with E-state index in [0.29, 0.717) is 11.4 Å². The Morgan fingerprint density at radius 3 is 2.88 bits per heavy atom. The maximum absolute atomic E-state index is 11.9. The van der Waals surface area contributed by atoms with Crippen LogP contribution in [0, 0.1) is 5.41 Å². The predicted molar refractivity (Wildman–Crippen MR) is 92.2 cm³/mol. The summed E-state index contributed by atoms with van der Waals surface area (Å²) in [5, 5.41) is 0. The van der Waals surface area contributed by atoms with Crippen molar-refractivity contribution < 1.29 is 14.3 Å². The summed E-state index contributed by atoms with van der Waals surface area (Å²) in [6.07, 6.45) is 5.55. The monoisotopic (exact) mass is 344 g/mol. The van der Waals surface area contributed by atoms with Crippen LogP contribution in [0.25, 0.3) is 0 Å². The summed E-state index contributed by atoms with van der Waals surface area (Å²) >= 11 is 0. The zero-order valence-corrected chi connectivity index (χ0v) is 14.3. The minimum absolute atomic E-state index is 0.00790. The first-order valence-electron chi connectivity index (χ1n) is 9.01. The number of nitrogens with two attached hydrogens (primary N) is 1. The SMILES string of the molecule is NC(=O)c1cccnc1N1CCCN(CC2CC3(CC3)C(=O)O2)CC1. The van der Waals surface area contributed by atoms with Gasteiger partial charge in [-0.25, -0.2) is 4.98 Å². The molecule has 1 aliphatic carbocycles. The molecule has 25 heavy (non-hydrogen) atoms. The molecule has 2 N–H and O–H groups in total. The molecule has 0 aromatic carbocycles. The summed E-state index contributed by atoms with van der Waals surface area (Å²) < 4.78 is 5.58. The number of cyclic esters (lactones) is 1. The number of carbonyl (C=O) groups excluding carboxylic acids is 2. The van der Waals surface area contributed by atoms with Gasteiger partial charge < -0.3 is 15.4 Å². The number of hydrogen-bond acceptors (Lipinski definition) is 6. The standard InChI is InChI=1S/C18H24N4O3/c19-15(23)14-3-1-6-20-16(14)22-8-2-7-21(9-10-22)12-13-11-18(4-5-18)17(24)25-13/h1,3,6,13H,2,4-5,7-12H2,(H2,19,23). The second-order valence-corrected chi connectivity index (χ2v) is 7.39. The number of amides is 1. The van der Waals surface area contributed by atoms with E-state index < -0.39 is 5.91 Å². The highest BCUT2D eigenvalue weighted by Gasteiger charge is 2.57. The van der Waals surface area contributed by atoms with Gasteiger partial charge in [0, 0.05) is 45.3 Å². The second kappa shape index (κ2) is 6.29. The lowest BCUT2D eigenvalue weighted by Crippen LogP contribution is -2.36. The lowest BCUT2D eigenvalue weighted by molar-refractivity contribution is -0.145. The van der Waals surface area contributed by atoms with Gasteiger partial charge in [-0.3, -0.25) is 14.5 Å². The van der Waals surface area contributed by atoms with Crippen molar-refractivity contribution >= 4 is 17.7 Å². The van der Waals surface area contributed by atoms with Gasteiger partial charge in [0.25, 0.3) is 5.91 Å². The fourth-order valence-electron chi connectivity index (χ4n) is 3.99. The van der Waals surface area contributed by atoms with E-state index in [1.54, 1.807) is 18.3 Å². The van der Waals surface area contributed by atoms with Crippen molar-refractivity contribution in [3.63, 3.8) is 0 Å². The molecule has 1 aromatic rings. The maximum atomic E-state index is 11.9. The number of anilines is 1. The number of esters is 1. The van der Waals surface area contributed by atoms with Crippen LogP contribution >= 0.6 is 0 Å². The van der Waals surface area contributed by atoms with Gasteiger partial charge in [0.15, 0.2) is 0 Å². The Balaban J connectivity index is 1.38. The Bertz CT molecular complexity index is 689. The lowest BCUT2D eigenvalue weighted by Gasteiger charge is -2.25. The predicted octanol–water partition coefficient (Wildman–Crippen LogP) is 0.788. The minimum Gasteiger partial charge on any atom is -0.461 e. The molecule has 0 bridgehead atoms. The molecule has 2 saturated heterocycles. The highest BCUT2D eigenvalue weighted by Crippen LogP contribution is 2.54. The van der Waals surface area contributed by atoms with E-state index in [9.17, 15) is 9.59 Å². The summed E-state index contributed by atoms with van der Waals surface area (Å²) in [7, 11) is 0. The topological polar surface area (TPSA) is 88.8 Å². The van der Waals surface area contributed by atoms with Gasteiger partial charge in [-0.15, -0.1) is 0 Å². The summed E-state index contributed by atoms with van der Waals surface area (Å²) in [5.41, 5.74) is 5.81. The molecular weight excluding hydrogens is 320 g/mol. The first-order chi connectivity index (χ1) is 12.1. The quantitative estimate of drug-likeness (QED) is 0.813. The number of hydrogen-bond donors (Lipinski definition) is 1. The number of pyridine rings is 1. The lowest BCUT2D eigenvalue weighted by atomic mass is 10.0. The summed E-state index contributed by atoms with van der Waals surface area (Å²) in [6.45, 7) is 4.23. The first-order valence-corrected chi connectivity index (χ1v) is 9.01. The van der Waals surface area contributed by atoms with Crippen molar-refractivity contribution in [1.82, 2.24) is 9.88 Å². The van der Waals surface area contributed by atoms with E-state index in [1.165, 1.54) is 0 Å². The van der Waals surface area contributed by atoms with E-state index in [0.717, 1.165) is 58.4 Å². The van der Waals surface area contributed by atoms with E-state index >= 15 is 0 Å². The molecule has 0 radical (unpaired) electrons. The number of aromatic nitrogens is 1. The van der Waals surface area contributed by atoms with E-state index in [2.05, 4.69) is 14.8 Å². The molecule has 1 aromatic heterocycles. The van der Waals surface area contributed by atoms with Crippen LogP contribution in [0.15, 0.2) is 18.3 Å². The zero-order valence-electron chi connectivity index (χ0n) is 14.3.